The van der Waals surface area contributed by atoms with Gasteiger partial charge in [-0.15, -0.1) is 0 Å². The zero-order chi connectivity index (χ0) is 21.6. The fourth-order valence-electron chi connectivity index (χ4n) is 3.86. The van der Waals surface area contributed by atoms with Crippen LogP contribution in [0.5, 0.6) is 0 Å². The molecule has 6 nitrogen and oxygen atoms in total. The Morgan fingerprint density at radius 2 is 1.71 bits per heavy atom. The Morgan fingerprint density at radius 3 is 2.35 bits per heavy atom. The minimum atomic E-state index is 0.141. The van der Waals surface area contributed by atoms with Gasteiger partial charge in [-0.25, -0.2) is 0 Å². The summed E-state index contributed by atoms with van der Waals surface area (Å²) in [4.78, 5) is 6.79. The molecule has 0 amide bonds. The normalized spacial score (nSPS) is 15.5. The number of anilines is 1. The number of ether oxygens (including phenoxy) is 1. The van der Waals surface area contributed by atoms with Gasteiger partial charge in [-0.2, -0.15) is 10.2 Å². The highest BCUT2D eigenvalue weighted by Gasteiger charge is 2.24. The molecule has 1 aliphatic rings. The second-order valence-corrected chi connectivity index (χ2v) is 8.04. The van der Waals surface area contributed by atoms with E-state index < -0.39 is 0 Å². The quantitative estimate of drug-likeness (QED) is 0.595. The average Bonchev–Trinajstić information content (AvgIpc) is 3.24. The molecule has 4 rings (SSSR count). The van der Waals surface area contributed by atoms with Crippen molar-refractivity contribution in [3.05, 3.63) is 71.4 Å². The molecule has 0 bridgehead atoms. The van der Waals surface area contributed by atoms with E-state index in [0.29, 0.717) is 24.2 Å². The maximum absolute atomic E-state index is 9.55. The number of morpholine rings is 1. The molecular formula is C25H28N4O2. The van der Waals surface area contributed by atoms with Crippen LogP contribution in [0.1, 0.15) is 42.6 Å². The predicted molar refractivity (Wildman–Crippen MR) is 121 cm³/mol. The zero-order valence-electron chi connectivity index (χ0n) is 18.0. The molecule has 0 radical (unpaired) electrons. The highest BCUT2D eigenvalue weighted by atomic mass is 16.5. The van der Waals surface area contributed by atoms with Crippen LogP contribution in [0.25, 0.3) is 11.5 Å². The fraction of sp³-hybridized carbons (Fsp3) is 0.360. The first kappa shape index (κ1) is 21.1. The van der Waals surface area contributed by atoms with E-state index in [0.717, 1.165) is 31.9 Å². The summed E-state index contributed by atoms with van der Waals surface area (Å²) in [5.41, 5.74) is 3.68. The van der Waals surface area contributed by atoms with Crippen molar-refractivity contribution in [1.29, 1.82) is 5.26 Å². The smallest absolute Gasteiger partial charge is 0.232 e. The molecule has 1 atom stereocenters. The van der Waals surface area contributed by atoms with Crippen LogP contribution < -0.4 is 5.32 Å². The van der Waals surface area contributed by atoms with Crippen LogP contribution >= 0.6 is 0 Å². The first-order valence-electron chi connectivity index (χ1n) is 10.8. The minimum absolute atomic E-state index is 0.141. The van der Waals surface area contributed by atoms with Crippen molar-refractivity contribution >= 4 is 5.88 Å². The first-order chi connectivity index (χ1) is 15.2. The van der Waals surface area contributed by atoms with E-state index in [1.165, 1.54) is 11.1 Å². The summed E-state index contributed by atoms with van der Waals surface area (Å²) in [5, 5.41) is 12.9. The summed E-state index contributed by atoms with van der Waals surface area (Å²) in [6.45, 7) is 8.21. The maximum atomic E-state index is 9.55. The van der Waals surface area contributed by atoms with E-state index in [4.69, 9.17) is 9.15 Å². The predicted octanol–water partition coefficient (Wildman–Crippen LogP) is 4.82. The number of nitriles is 1. The molecule has 2 aromatic carbocycles. The summed E-state index contributed by atoms with van der Waals surface area (Å²) in [5.74, 6) is 1.36. The van der Waals surface area contributed by atoms with E-state index in [2.05, 4.69) is 59.4 Å². The molecule has 2 heterocycles. The lowest BCUT2D eigenvalue weighted by molar-refractivity contribution is 0.0186. The number of hydrogen-bond donors (Lipinski definition) is 1. The molecular weight excluding hydrogens is 388 g/mol. The summed E-state index contributed by atoms with van der Waals surface area (Å²) >= 11 is 0. The molecule has 0 aliphatic carbocycles. The van der Waals surface area contributed by atoms with Gasteiger partial charge in [0.15, 0.2) is 0 Å². The van der Waals surface area contributed by atoms with Gasteiger partial charge in [0.25, 0.3) is 0 Å². The zero-order valence-corrected chi connectivity index (χ0v) is 18.0. The number of nitrogens with zero attached hydrogens (tertiary/aromatic N) is 3. The van der Waals surface area contributed by atoms with Crippen LogP contribution in [0, 0.1) is 11.3 Å². The Hall–Kier alpha value is -3.14. The number of hydrogen-bond acceptors (Lipinski definition) is 6. The SMILES string of the molecule is CC(C)c1ccc(C(CNc2oc(-c3ccccc3)nc2C#N)N2CCOCC2)cc1. The Labute approximate surface area is 183 Å². The van der Waals surface area contributed by atoms with Gasteiger partial charge < -0.3 is 14.5 Å². The molecule has 160 valence electrons. The van der Waals surface area contributed by atoms with Crippen LogP contribution in [0.2, 0.25) is 0 Å². The van der Waals surface area contributed by atoms with Crippen LogP contribution in [0.3, 0.4) is 0 Å². The Balaban J connectivity index is 1.56. The minimum Gasteiger partial charge on any atom is -0.419 e. The molecule has 31 heavy (non-hydrogen) atoms. The number of oxazole rings is 1. The van der Waals surface area contributed by atoms with Crippen LogP contribution in [0.4, 0.5) is 5.88 Å². The summed E-state index contributed by atoms with van der Waals surface area (Å²) in [7, 11) is 0. The van der Waals surface area contributed by atoms with E-state index in [1.807, 2.05) is 30.3 Å². The van der Waals surface area contributed by atoms with Crippen molar-refractivity contribution in [3.63, 3.8) is 0 Å². The van der Waals surface area contributed by atoms with Gasteiger partial charge in [0, 0.05) is 25.2 Å². The number of nitrogens with one attached hydrogen (secondary N) is 1. The maximum Gasteiger partial charge on any atom is 0.232 e. The molecule has 0 spiro atoms. The molecule has 0 saturated carbocycles. The van der Waals surface area contributed by atoms with E-state index in [9.17, 15) is 5.26 Å². The van der Waals surface area contributed by atoms with Crippen LogP contribution in [-0.2, 0) is 4.74 Å². The Bertz CT molecular complexity index is 1020. The van der Waals surface area contributed by atoms with Crippen molar-refractivity contribution in [1.82, 2.24) is 9.88 Å². The standard InChI is InChI=1S/C25H28N4O2/c1-18(2)19-8-10-20(11-9-19)23(29-12-14-30-15-13-29)17-27-25-22(16-26)28-24(31-25)21-6-4-3-5-7-21/h3-11,18,23,27H,12-15,17H2,1-2H3. The highest BCUT2D eigenvalue weighted by Crippen LogP contribution is 2.28. The molecule has 6 heteroatoms. The number of aromatic nitrogens is 1. The third-order valence-corrected chi connectivity index (χ3v) is 5.68. The number of benzene rings is 2. The van der Waals surface area contributed by atoms with Crippen LogP contribution in [0.15, 0.2) is 59.0 Å². The molecule has 1 aliphatic heterocycles. The van der Waals surface area contributed by atoms with Crippen molar-refractivity contribution in [2.24, 2.45) is 0 Å². The lowest BCUT2D eigenvalue weighted by atomic mass is 9.98. The van der Waals surface area contributed by atoms with Crippen molar-refractivity contribution in [2.75, 3.05) is 38.2 Å². The summed E-state index contributed by atoms with van der Waals surface area (Å²) in [6.07, 6.45) is 0. The van der Waals surface area contributed by atoms with Gasteiger partial charge in [0.05, 0.1) is 19.3 Å². The average molecular weight is 417 g/mol. The monoisotopic (exact) mass is 416 g/mol. The molecule has 1 saturated heterocycles. The van der Waals surface area contributed by atoms with Gasteiger partial charge in [-0.3, -0.25) is 4.90 Å². The molecule has 1 N–H and O–H groups in total. The Kier molecular flexibility index (Phi) is 6.66. The molecule has 3 aromatic rings. The third-order valence-electron chi connectivity index (χ3n) is 5.68. The van der Waals surface area contributed by atoms with E-state index in [-0.39, 0.29) is 11.7 Å². The van der Waals surface area contributed by atoms with Gasteiger partial charge in [-0.1, -0.05) is 56.3 Å². The first-order valence-corrected chi connectivity index (χ1v) is 10.8. The second-order valence-electron chi connectivity index (χ2n) is 8.04. The second kappa shape index (κ2) is 9.78. The summed E-state index contributed by atoms with van der Waals surface area (Å²) in [6, 6.07) is 20.7. The summed E-state index contributed by atoms with van der Waals surface area (Å²) < 4.78 is 11.5. The lowest BCUT2D eigenvalue weighted by Crippen LogP contribution is -2.41. The molecule has 1 aromatic heterocycles. The van der Waals surface area contributed by atoms with Gasteiger partial charge in [0.2, 0.25) is 17.5 Å². The largest absolute Gasteiger partial charge is 0.419 e. The van der Waals surface area contributed by atoms with Gasteiger partial charge in [0.1, 0.15) is 6.07 Å². The Morgan fingerprint density at radius 1 is 1.03 bits per heavy atom. The van der Waals surface area contributed by atoms with Gasteiger partial charge >= 0.3 is 0 Å². The molecule has 1 unspecified atom stereocenters. The third kappa shape index (κ3) is 4.96. The van der Waals surface area contributed by atoms with Gasteiger partial charge in [-0.05, 0) is 29.2 Å². The van der Waals surface area contributed by atoms with E-state index >= 15 is 0 Å². The molecule has 1 fully saturated rings. The van der Waals surface area contributed by atoms with Crippen LogP contribution in [-0.4, -0.2) is 42.7 Å². The number of rotatable bonds is 7. The highest BCUT2D eigenvalue weighted by molar-refractivity contribution is 5.58. The van der Waals surface area contributed by atoms with E-state index in [1.54, 1.807) is 0 Å². The van der Waals surface area contributed by atoms with Crippen molar-refractivity contribution in [3.8, 4) is 17.5 Å². The lowest BCUT2D eigenvalue weighted by Gasteiger charge is -2.35. The van der Waals surface area contributed by atoms with Crippen molar-refractivity contribution < 1.29 is 9.15 Å². The van der Waals surface area contributed by atoms with Crippen molar-refractivity contribution in [2.45, 2.75) is 25.8 Å². The topological polar surface area (TPSA) is 74.3 Å². The fourth-order valence-corrected chi connectivity index (χ4v) is 3.86.